The molecule has 24 heavy (non-hydrogen) atoms. The molecule has 0 bridgehead atoms. The second kappa shape index (κ2) is 7.23. The summed E-state index contributed by atoms with van der Waals surface area (Å²) < 4.78 is 15.6. The SMILES string of the molecule is O=C(CNC(=O)c1ccccc1)OCc1cc(Cl)c2c(c1)OCO2. The number of benzene rings is 2. The highest BCUT2D eigenvalue weighted by molar-refractivity contribution is 6.32. The van der Waals surface area contributed by atoms with Crippen LogP contribution in [0.3, 0.4) is 0 Å². The van der Waals surface area contributed by atoms with Crippen LogP contribution in [0, 0.1) is 0 Å². The van der Waals surface area contributed by atoms with Gasteiger partial charge in [-0.25, -0.2) is 0 Å². The molecule has 7 heteroatoms. The Morgan fingerprint density at radius 2 is 1.96 bits per heavy atom. The topological polar surface area (TPSA) is 73.9 Å². The molecule has 1 heterocycles. The lowest BCUT2D eigenvalue weighted by molar-refractivity contribution is -0.143. The Labute approximate surface area is 143 Å². The number of amides is 1. The molecule has 124 valence electrons. The predicted molar refractivity (Wildman–Crippen MR) is 86.1 cm³/mol. The Balaban J connectivity index is 1.49. The third-order valence-corrected chi connectivity index (χ3v) is 3.60. The maximum atomic E-state index is 11.8. The highest BCUT2D eigenvalue weighted by Crippen LogP contribution is 2.39. The normalized spacial score (nSPS) is 11.9. The minimum atomic E-state index is -0.548. The van der Waals surface area contributed by atoms with Gasteiger partial charge in [0.15, 0.2) is 11.5 Å². The third kappa shape index (κ3) is 3.78. The summed E-state index contributed by atoms with van der Waals surface area (Å²) in [6.07, 6.45) is 0. The monoisotopic (exact) mass is 347 g/mol. The van der Waals surface area contributed by atoms with Gasteiger partial charge in [-0.15, -0.1) is 0 Å². The summed E-state index contributed by atoms with van der Waals surface area (Å²) >= 11 is 6.06. The Hall–Kier alpha value is -2.73. The van der Waals surface area contributed by atoms with E-state index >= 15 is 0 Å². The number of nitrogens with one attached hydrogen (secondary N) is 1. The van der Waals surface area contributed by atoms with Gasteiger partial charge in [0.1, 0.15) is 13.2 Å². The first-order valence-corrected chi connectivity index (χ1v) is 7.58. The lowest BCUT2D eigenvalue weighted by atomic mass is 10.2. The van der Waals surface area contributed by atoms with E-state index in [1.165, 1.54) is 0 Å². The van der Waals surface area contributed by atoms with Gasteiger partial charge in [0.05, 0.1) is 5.02 Å². The number of carbonyl (C=O) groups is 2. The van der Waals surface area contributed by atoms with Crippen LogP contribution in [-0.2, 0) is 16.1 Å². The van der Waals surface area contributed by atoms with Crippen molar-refractivity contribution in [3.8, 4) is 11.5 Å². The number of halogens is 1. The molecule has 3 rings (SSSR count). The molecular weight excluding hydrogens is 334 g/mol. The van der Waals surface area contributed by atoms with Crippen molar-refractivity contribution < 1.29 is 23.8 Å². The van der Waals surface area contributed by atoms with E-state index in [-0.39, 0.29) is 25.9 Å². The maximum absolute atomic E-state index is 11.8. The molecule has 1 aliphatic rings. The number of hydrogen-bond donors (Lipinski definition) is 1. The number of fused-ring (bicyclic) bond motifs is 1. The molecule has 1 amide bonds. The molecule has 0 saturated carbocycles. The number of ether oxygens (including phenoxy) is 3. The summed E-state index contributed by atoms with van der Waals surface area (Å²) in [6.45, 7) is -0.0772. The first kappa shape index (κ1) is 16.1. The van der Waals surface area contributed by atoms with Gasteiger partial charge in [-0.1, -0.05) is 29.8 Å². The van der Waals surface area contributed by atoms with Crippen LogP contribution in [0.1, 0.15) is 15.9 Å². The quantitative estimate of drug-likeness (QED) is 0.841. The number of carbonyl (C=O) groups excluding carboxylic acids is 2. The first-order chi connectivity index (χ1) is 11.6. The summed E-state index contributed by atoms with van der Waals surface area (Å²) in [5, 5.41) is 2.90. The Morgan fingerprint density at radius 3 is 2.75 bits per heavy atom. The number of rotatable bonds is 5. The van der Waals surface area contributed by atoms with Gasteiger partial charge < -0.3 is 19.5 Å². The Morgan fingerprint density at radius 1 is 1.17 bits per heavy atom. The zero-order chi connectivity index (χ0) is 16.9. The van der Waals surface area contributed by atoms with Crippen molar-refractivity contribution in [3.63, 3.8) is 0 Å². The molecule has 0 atom stereocenters. The van der Waals surface area contributed by atoms with Crippen molar-refractivity contribution in [1.82, 2.24) is 5.32 Å². The van der Waals surface area contributed by atoms with Crippen LogP contribution in [0.25, 0.3) is 0 Å². The smallest absolute Gasteiger partial charge is 0.325 e. The van der Waals surface area contributed by atoms with Crippen LogP contribution in [0.2, 0.25) is 5.02 Å². The fourth-order valence-corrected chi connectivity index (χ4v) is 2.45. The largest absolute Gasteiger partial charge is 0.459 e. The fraction of sp³-hybridized carbons (Fsp3) is 0.176. The van der Waals surface area contributed by atoms with Gasteiger partial charge in [0, 0.05) is 5.56 Å². The molecule has 1 aliphatic heterocycles. The fourth-order valence-electron chi connectivity index (χ4n) is 2.16. The van der Waals surface area contributed by atoms with Crippen molar-refractivity contribution in [3.05, 3.63) is 58.6 Å². The van der Waals surface area contributed by atoms with Crippen LogP contribution in [0.15, 0.2) is 42.5 Å². The average Bonchev–Trinajstić information content (AvgIpc) is 3.08. The van der Waals surface area contributed by atoms with Crippen LogP contribution < -0.4 is 14.8 Å². The lowest BCUT2D eigenvalue weighted by Gasteiger charge is -2.08. The van der Waals surface area contributed by atoms with Gasteiger partial charge in [0.25, 0.3) is 5.91 Å². The molecule has 0 aromatic heterocycles. The van der Waals surface area contributed by atoms with E-state index in [9.17, 15) is 9.59 Å². The molecule has 1 N–H and O–H groups in total. The third-order valence-electron chi connectivity index (χ3n) is 3.32. The van der Waals surface area contributed by atoms with Crippen molar-refractivity contribution >= 4 is 23.5 Å². The Bertz CT molecular complexity index is 763. The second-order valence-corrected chi connectivity index (χ2v) is 5.43. The van der Waals surface area contributed by atoms with Gasteiger partial charge in [-0.05, 0) is 29.8 Å². The van der Waals surface area contributed by atoms with Crippen molar-refractivity contribution in [2.45, 2.75) is 6.61 Å². The summed E-state index contributed by atoms with van der Waals surface area (Å²) in [5.41, 5.74) is 1.15. The van der Waals surface area contributed by atoms with Crippen molar-refractivity contribution in [2.24, 2.45) is 0 Å². The van der Waals surface area contributed by atoms with E-state index in [1.54, 1.807) is 36.4 Å². The molecular formula is C17H14ClNO5. The van der Waals surface area contributed by atoms with E-state index in [2.05, 4.69) is 5.32 Å². The summed E-state index contributed by atoms with van der Waals surface area (Å²) in [5.74, 6) is 0.125. The number of esters is 1. The van der Waals surface area contributed by atoms with E-state index in [0.29, 0.717) is 27.6 Å². The summed E-state index contributed by atoms with van der Waals surface area (Å²) in [6, 6.07) is 12.0. The predicted octanol–water partition coefficient (Wildman–Crippen LogP) is 2.54. The van der Waals surface area contributed by atoms with Crippen molar-refractivity contribution in [1.29, 1.82) is 0 Å². The van der Waals surface area contributed by atoms with E-state index in [1.807, 2.05) is 6.07 Å². The first-order valence-electron chi connectivity index (χ1n) is 7.20. The molecule has 6 nitrogen and oxygen atoms in total. The molecule has 0 fully saturated rings. The average molecular weight is 348 g/mol. The van der Waals surface area contributed by atoms with Crippen molar-refractivity contribution in [2.75, 3.05) is 13.3 Å². The molecule has 0 unspecified atom stereocenters. The molecule has 2 aromatic carbocycles. The number of hydrogen-bond acceptors (Lipinski definition) is 5. The van der Waals surface area contributed by atoms with Gasteiger partial charge in [-0.3, -0.25) is 9.59 Å². The van der Waals surface area contributed by atoms with Crippen LogP contribution in [0.4, 0.5) is 0 Å². The highest BCUT2D eigenvalue weighted by atomic mass is 35.5. The highest BCUT2D eigenvalue weighted by Gasteiger charge is 2.18. The van der Waals surface area contributed by atoms with Crippen LogP contribution in [0.5, 0.6) is 11.5 Å². The molecule has 2 aromatic rings. The van der Waals surface area contributed by atoms with Crippen LogP contribution in [-0.4, -0.2) is 25.2 Å². The summed E-state index contributed by atoms with van der Waals surface area (Å²) in [7, 11) is 0. The van der Waals surface area contributed by atoms with Gasteiger partial charge in [-0.2, -0.15) is 0 Å². The molecule has 0 spiro atoms. The minimum absolute atomic E-state index is 0.0242. The minimum Gasteiger partial charge on any atom is -0.459 e. The zero-order valence-corrected chi connectivity index (χ0v) is 13.3. The van der Waals surface area contributed by atoms with Gasteiger partial charge >= 0.3 is 5.97 Å². The van der Waals surface area contributed by atoms with Gasteiger partial charge in [0.2, 0.25) is 6.79 Å². The standard InChI is InChI=1S/C17H14ClNO5/c18-13-6-11(7-14-16(13)24-10-23-14)9-22-15(20)8-19-17(21)12-4-2-1-3-5-12/h1-7H,8-10H2,(H,19,21). The molecule has 0 radical (unpaired) electrons. The second-order valence-electron chi connectivity index (χ2n) is 5.02. The Kier molecular flexibility index (Phi) is 4.86. The molecule has 0 aliphatic carbocycles. The van der Waals surface area contributed by atoms with E-state index < -0.39 is 5.97 Å². The van der Waals surface area contributed by atoms with E-state index in [0.717, 1.165) is 0 Å². The summed E-state index contributed by atoms with van der Waals surface area (Å²) in [4.78, 5) is 23.6. The maximum Gasteiger partial charge on any atom is 0.325 e. The van der Waals surface area contributed by atoms with E-state index in [4.69, 9.17) is 25.8 Å². The lowest BCUT2D eigenvalue weighted by Crippen LogP contribution is -2.30. The zero-order valence-electron chi connectivity index (χ0n) is 12.6. The van der Waals surface area contributed by atoms with Crippen LogP contribution >= 0.6 is 11.6 Å². The molecule has 0 saturated heterocycles.